The van der Waals surface area contributed by atoms with Gasteiger partial charge in [-0.05, 0) is 38.7 Å². The van der Waals surface area contributed by atoms with E-state index in [-0.39, 0.29) is 18.0 Å². The van der Waals surface area contributed by atoms with Crippen molar-refractivity contribution in [1.29, 1.82) is 0 Å². The number of piperidine rings is 1. The van der Waals surface area contributed by atoms with Gasteiger partial charge in [0, 0.05) is 30.3 Å². The third-order valence-electron chi connectivity index (χ3n) is 5.22. The molecule has 2 aliphatic heterocycles. The zero-order valence-corrected chi connectivity index (χ0v) is 15.4. The molecule has 0 aromatic carbocycles. The summed E-state index contributed by atoms with van der Waals surface area (Å²) in [5, 5.41) is 0. The number of aromatic nitrogens is 1. The number of nitrogens with one attached hydrogen (secondary N) is 1. The molecular weight excluding hydrogens is 320 g/mol. The van der Waals surface area contributed by atoms with Crippen molar-refractivity contribution in [3.05, 3.63) is 22.5 Å². The van der Waals surface area contributed by atoms with Crippen molar-refractivity contribution in [2.75, 3.05) is 26.3 Å². The molecule has 0 aliphatic carbocycles. The molecule has 2 fully saturated rings. The summed E-state index contributed by atoms with van der Waals surface area (Å²) >= 11 is 0. The van der Waals surface area contributed by atoms with Crippen LogP contribution < -0.4 is 0 Å². The number of aryl methyl sites for hydroxylation is 1. The van der Waals surface area contributed by atoms with Gasteiger partial charge < -0.3 is 19.4 Å². The van der Waals surface area contributed by atoms with Crippen LogP contribution in [0.25, 0.3) is 0 Å². The second kappa shape index (κ2) is 7.70. The molecule has 1 aromatic heterocycles. The number of hydrogen-bond acceptors (Lipinski definition) is 4. The van der Waals surface area contributed by atoms with E-state index in [2.05, 4.69) is 11.9 Å². The van der Waals surface area contributed by atoms with Gasteiger partial charge in [-0.3, -0.25) is 9.59 Å². The predicted octanol–water partition coefficient (Wildman–Crippen LogP) is 2.70. The minimum Gasteiger partial charge on any atom is -0.354 e. The lowest BCUT2D eigenvalue weighted by Crippen LogP contribution is -2.41. The van der Waals surface area contributed by atoms with Gasteiger partial charge in [0.05, 0.1) is 13.2 Å². The lowest BCUT2D eigenvalue weighted by atomic mass is 9.95. The quantitative estimate of drug-likeness (QED) is 0.831. The Hall–Kier alpha value is -1.66. The third-order valence-corrected chi connectivity index (χ3v) is 5.22. The number of ketones is 1. The fraction of sp³-hybridized carbons (Fsp3) is 0.684. The Labute approximate surface area is 148 Å². The molecule has 25 heavy (non-hydrogen) atoms. The zero-order valence-electron chi connectivity index (χ0n) is 15.4. The Kier molecular flexibility index (Phi) is 5.59. The molecule has 0 radical (unpaired) electrons. The number of hydrogen-bond donors (Lipinski definition) is 1. The van der Waals surface area contributed by atoms with E-state index in [1.807, 2.05) is 11.8 Å². The number of Topliss-reactive ketones (excluding diaryl/α,β-unsaturated/α-hetero) is 1. The summed E-state index contributed by atoms with van der Waals surface area (Å²) in [6, 6.07) is 0. The summed E-state index contributed by atoms with van der Waals surface area (Å²) < 4.78 is 11.2. The van der Waals surface area contributed by atoms with Gasteiger partial charge in [-0.1, -0.05) is 13.3 Å². The topological polar surface area (TPSA) is 71.6 Å². The summed E-state index contributed by atoms with van der Waals surface area (Å²) in [6.45, 7) is 8.23. The summed E-state index contributed by atoms with van der Waals surface area (Å²) in [5.74, 6) is 0.385. The lowest BCUT2D eigenvalue weighted by Gasteiger charge is -2.33. The van der Waals surface area contributed by atoms with Gasteiger partial charge in [-0.25, -0.2) is 0 Å². The van der Waals surface area contributed by atoms with Crippen molar-refractivity contribution < 1.29 is 19.1 Å². The molecular formula is C19H28N2O4. The third kappa shape index (κ3) is 3.65. The molecule has 3 heterocycles. The van der Waals surface area contributed by atoms with Gasteiger partial charge in [-0.15, -0.1) is 0 Å². The highest BCUT2D eigenvalue weighted by Crippen LogP contribution is 2.28. The first-order valence-corrected chi connectivity index (χ1v) is 9.27. The molecule has 1 amide bonds. The molecule has 1 N–H and O–H groups in total. The van der Waals surface area contributed by atoms with Gasteiger partial charge in [0.1, 0.15) is 5.69 Å². The number of nitrogens with zero attached hydrogens (tertiary/aromatic N) is 1. The molecule has 2 saturated heterocycles. The Bertz CT molecular complexity index is 638. The number of aromatic amines is 1. The standard InChI is InChI=1S/C19H28N2O4/c1-4-5-15-16(13(3)22)12(2)20-17(15)18(23)21-8-6-14(7-9-21)19-24-10-11-25-19/h14,19-20H,4-11H2,1-3H3. The van der Waals surface area contributed by atoms with Crippen molar-refractivity contribution in [2.24, 2.45) is 5.92 Å². The average Bonchev–Trinajstić information content (AvgIpc) is 3.23. The van der Waals surface area contributed by atoms with Crippen molar-refractivity contribution >= 4 is 11.7 Å². The Morgan fingerprint density at radius 3 is 2.40 bits per heavy atom. The summed E-state index contributed by atoms with van der Waals surface area (Å²) in [6.07, 6.45) is 3.30. The highest BCUT2D eigenvalue weighted by atomic mass is 16.7. The summed E-state index contributed by atoms with van der Waals surface area (Å²) in [5.41, 5.74) is 2.95. The van der Waals surface area contributed by atoms with Crippen molar-refractivity contribution in [2.45, 2.75) is 52.7 Å². The summed E-state index contributed by atoms with van der Waals surface area (Å²) in [7, 11) is 0. The van der Waals surface area contributed by atoms with Crippen LogP contribution in [-0.4, -0.2) is 54.2 Å². The summed E-state index contributed by atoms with van der Waals surface area (Å²) in [4.78, 5) is 30.1. The van der Waals surface area contributed by atoms with Crippen LogP contribution in [0.2, 0.25) is 0 Å². The maximum absolute atomic E-state index is 13.0. The Morgan fingerprint density at radius 2 is 1.84 bits per heavy atom. The minimum absolute atomic E-state index is 0.00533. The van der Waals surface area contributed by atoms with Gasteiger partial charge in [0.2, 0.25) is 0 Å². The SMILES string of the molecule is CCCc1c(C(=O)N2CCC(C3OCCO3)CC2)[nH]c(C)c1C(C)=O. The second-order valence-electron chi connectivity index (χ2n) is 7.02. The van der Waals surface area contributed by atoms with Crippen molar-refractivity contribution in [1.82, 2.24) is 9.88 Å². The molecule has 3 rings (SSSR count). The molecule has 0 saturated carbocycles. The highest BCUT2D eigenvalue weighted by Gasteiger charge is 2.33. The molecule has 138 valence electrons. The zero-order chi connectivity index (χ0) is 18.0. The number of rotatable bonds is 5. The number of carbonyl (C=O) groups excluding carboxylic acids is 2. The van der Waals surface area contributed by atoms with Gasteiger partial charge in [0.25, 0.3) is 5.91 Å². The van der Waals surface area contributed by atoms with E-state index in [4.69, 9.17) is 9.47 Å². The average molecular weight is 348 g/mol. The van der Waals surface area contributed by atoms with Crippen LogP contribution in [0.1, 0.15) is 65.2 Å². The van der Waals surface area contributed by atoms with E-state index < -0.39 is 0 Å². The molecule has 0 atom stereocenters. The van der Waals surface area contributed by atoms with Gasteiger partial charge in [-0.2, -0.15) is 0 Å². The second-order valence-corrected chi connectivity index (χ2v) is 7.02. The fourth-order valence-corrected chi connectivity index (χ4v) is 4.02. The largest absolute Gasteiger partial charge is 0.354 e. The van der Waals surface area contributed by atoms with E-state index in [1.54, 1.807) is 6.92 Å². The minimum atomic E-state index is -0.107. The van der Waals surface area contributed by atoms with Crippen molar-refractivity contribution in [3.63, 3.8) is 0 Å². The maximum Gasteiger partial charge on any atom is 0.270 e. The maximum atomic E-state index is 13.0. The molecule has 6 heteroatoms. The number of likely N-dealkylation sites (tertiary alicyclic amines) is 1. The van der Waals surface area contributed by atoms with E-state index in [0.717, 1.165) is 36.9 Å². The Morgan fingerprint density at radius 1 is 1.20 bits per heavy atom. The van der Waals surface area contributed by atoms with E-state index in [9.17, 15) is 9.59 Å². The first-order valence-electron chi connectivity index (χ1n) is 9.27. The molecule has 0 spiro atoms. The normalized spacial score (nSPS) is 19.6. The van der Waals surface area contributed by atoms with Gasteiger partial charge in [0.15, 0.2) is 12.1 Å². The lowest BCUT2D eigenvalue weighted by molar-refractivity contribution is -0.0956. The first-order chi connectivity index (χ1) is 12.0. The van der Waals surface area contributed by atoms with Gasteiger partial charge >= 0.3 is 0 Å². The van der Waals surface area contributed by atoms with Crippen LogP contribution >= 0.6 is 0 Å². The monoisotopic (exact) mass is 348 g/mol. The van der Waals surface area contributed by atoms with E-state index in [0.29, 0.717) is 43.5 Å². The smallest absolute Gasteiger partial charge is 0.270 e. The first kappa shape index (κ1) is 18.1. The van der Waals surface area contributed by atoms with Crippen molar-refractivity contribution in [3.8, 4) is 0 Å². The molecule has 1 aromatic rings. The highest BCUT2D eigenvalue weighted by molar-refractivity contribution is 6.02. The molecule has 6 nitrogen and oxygen atoms in total. The molecule has 2 aliphatic rings. The van der Waals surface area contributed by atoms with E-state index >= 15 is 0 Å². The number of ether oxygens (including phenoxy) is 2. The van der Waals surface area contributed by atoms with Crippen LogP contribution in [0.4, 0.5) is 0 Å². The Balaban J connectivity index is 1.73. The van der Waals surface area contributed by atoms with Crippen LogP contribution in [0, 0.1) is 12.8 Å². The number of H-pyrrole nitrogens is 1. The van der Waals surface area contributed by atoms with Crippen LogP contribution in [-0.2, 0) is 15.9 Å². The molecule has 0 bridgehead atoms. The number of carbonyl (C=O) groups is 2. The van der Waals surface area contributed by atoms with Crippen LogP contribution in [0.15, 0.2) is 0 Å². The molecule has 0 unspecified atom stereocenters. The van der Waals surface area contributed by atoms with Crippen LogP contribution in [0.3, 0.4) is 0 Å². The van der Waals surface area contributed by atoms with Crippen LogP contribution in [0.5, 0.6) is 0 Å². The predicted molar refractivity (Wildman–Crippen MR) is 93.8 cm³/mol. The van der Waals surface area contributed by atoms with E-state index in [1.165, 1.54) is 0 Å². The number of amides is 1. The fourth-order valence-electron chi connectivity index (χ4n) is 4.02.